The molecule has 0 heterocycles. The molecule has 1 aromatic carbocycles. The molecule has 0 aliphatic heterocycles. The van der Waals surface area contributed by atoms with Gasteiger partial charge in [-0.15, -0.1) is 5.43 Å². The Morgan fingerprint density at radius 3 is 1.94 bits per heavy atom. The minimum Gasteiger partial charge on any atom is -0.314 e. The fraction of sp³-hybridized carbons (Fsp3) is 0.250. The van der Waals surface area contributed by atoms with Gasteiger partial charge in [0.25, 0.3) is 0 Å². The van der Waals surface area contributed by atoms with Crippen molar-refractivity contribution in [2.75, 3.05) is 5.43 Å². The topological polar surface area (TPSA) is 24.1 Å². The van der Waals surface area contributed by atoms with Crippen molar-refractivity contribution in [3.63, 3.8) is 0 Å². The second-order valence-electron chi connectivity index (χ2n) is 2.79. The van der Waals surface area contributed by atoms with Crippen molar-refractivity contribution >= 4 is 5.69 Å². The molecule has 0 bridgehead atoms. The number of nitrogens with one attached hydrogen (secondary N) is 2. The Labute approximate surface area is 86.2 Å². The van der Waals surface area contributed by atoms with Crippen LogP contribution in [0.3, 0.4) is 0 Å². The van der Waals surface area contributed by atoms with E-state index in [2.05, 4.69) is 0 Å². The summed E-state index contributed by atoms with van der Waals surface area (Å²) in [4.78, 5) is 0. The molecular formula is C8H6F6N2. The van der Waals surface area contributed by atoms with Crippen LogP contribution in [-0.4, -0.2) is 6.30 Å². The Hall–Kier alpha value is -1.44. The van der Waals surface area contributed by atoms with Gasteiger partial charge in [0.05, 0.1) is 11.3 Å². The molecule has 0 spiro atoms. The molecule has 16 heavy (non-hydrogen) atoms. The summed E-state index contributed by atoms with van der Waals surface area (Å²) >= 11 is 0. The molecule has 1 rings (SSSR count). The van der Waals surface area contributed by atoms with E-state index in [-0.39, 0.29) is 0 Å². The van der Waals surface area contributed by atoms with E-state index in [1.807, 2.05) is 0 Å². The van der Waals surface area contributed by atoms with Crippen LogP contribution in [0.1, 0.15) is 5.56 Å². The standard InChI is InChI=1S/C8H6F6N2/c9-7(10,11)5-3-1-2-4-6(5)15-16-8(12,13)14/h1-4,15-16H. The van der Waals surface area contributed by atoms with Gasteiger partial charge in [0, 0.05) is 0 Å². The summed E-state index contributed by atoms with van der Waals surface area (Å²) in [6, 6.07) is 3.85. The monoisotopic (exact) mass is 244 g/mol. The summed E-state index contributed by atoms with van der Waals surface area (Å²) in [5, 5.41) is 0. The predicted molar refractivity (Wildman–Crippen MR) is 44.3 cm³/mol. The number of hydrogen-bond acceptors (Lipinski definition) is 2. The van der Waals surface area contributed by atoms with E-state index in [9.17, 15) is 26.3 Å². The minimum absolute atomic E-state index is 0.681. The van der Waals surface area contributed by atoms with Crippen molar-refractivity contribution in [2.24, 2.45) is 0 Å². The van der Waals surface area contributed by atoms with Crippen LogP contribution in [0, 0.1) is 0 Å². The maximum atomic E-state index is 12.3. The summed E-state index contributed by atoms with van der Waals surface area (Å²) in [7, 11) is 0. The van der Waals surface area contributed by atoms with Crippen LogP contribution < -0.4 is 10.9 Å². The highest BCUT2D eigenvalue weighted by molar-refractivity contribution is 5.51. The second kappa shape index (κ2) is 4.20. The van der Waals surface area contributed by atoms with Crippen LogP contribution in [0.4, 0.5) is 32.0 Å². The zero-order chi connectivity index (χ0) is 12.4. The molecule has 0 fully saturated rings. The van der Waals surface area contributed by atoms with E-state index >= 15 is 0 Å². The molecule has 0 aliphatic rings. The normalized spacial score (nSPS) is 12.6. The molecule has 0 saturated heterocycles. The third-order valence-corrected chi connectivity index (χ3v) is 1.57. The van der Waals surface area contributed by atoms with Crippen LogP contribution in [0.5, 0.6) is 0 Å². The van der Waals surface area contributed by atoms with Crippen molar-refractivity contribution < 1.29 is 26.3 Å². The van der Waals surface area contributed by atoms with E-state index in [1.54, 1.807) is 0 Å². The Kier molecular flexibility index (Phi) is 3.32. The second-order valence-corrected chi connectivity index (χ2v) is 2.79. The third kappa shape index (κ3) is 3.61. The molecule has 0 unspecified atom stereocenters. The Morgan fingerprint density at radius 2 is 1.44 bits per heavy atom. The number of hydrazine groups is 1. The number of hydrogen-bond donors (Lipinski definition) is 2. The molecule has 8 heteroatoms. The zero-order valence-electron chi connectivity index (χ0n) is 7.58. The molecule has 0 amide bonds. The van der Waals surface area contributed by atoms with Crippen molar-refractivity contribution in [3.05, 3.63) is 29.8 Å². The van der Waals surface area contributed by atoms with Crippen molar-refractivity contribution in [2.45, 2.75) is 12.5 Å². The fourth-order valence-corrected chi connectivity index (χ4v) is 0.978. The van der Waals surface area contributed by atoms with Crippen molar-refractivity contribution in [1.29, 1.82) is 0 Å². The highest BCUT2D eigenvalue weighted by atomic mass is 19.4. The average Bonchev–Trinajstić information content (AvgIpc) is 2.12. The van der Waals surface area contributed by atoms with Crippen LogP contribution in [0.15, 0.2) is 24.3 Å². The van der Waals surface area contributed by atoms with Crippen LogP contribution in [-0.2, 0) is 6.18 Å². The van der Waals surface area contributed by atoms with E-state index in [1.165, 1.54) is 11.5 Å². The van der Waals surface area contributed by atoms with Gasteiger partial charge in [0.15, 0.2) is 0 Å². The maximum Gasteiger partial charge on any atom is 0.474 e. The maximum absolute atomic E-state index is 12.3. The molecule has 1 aromatic rings. The number of alkyl halides is 6. The molecule has 0 saturated carbocycles. The molecule has 0 aliphatic carbocycles. The SMILES string of the molecule is FC(F)(F)NNc1ccccc1C(F)(F)F. The first-order valence-corrected chi connectivity index (χ1v) is 3.96. The first-order valence-electron chi connectivity index (χ1n) is 3.96. The Balaban J connectivity index is 2.88. The summed E-state index contributed by atoms with van der Waals surface area (Å²) in [6.45, 7) is 0. The van der Waals surface area contributed by atoms with Crippen LogP contribution in [0.25, 0.3) is 0 Å². The third-order valence-electron chi connectivity index (χ3n) is 1.57. The molecule has 0 aromatic heterocycles. The Bertz CT molecular complexity index is 356. The summed E-state index contributed by atoms with van der Waals surface area (Å²) in [6.07, 6.45) is -9.52. The van der Waals surface area contributed by atoms with Gasteiger partial charge in [-0.1, -0.05) is 12.1 Å². The van der Waals surface area contributed by atoms with Crippen LogP contribution >= 0.6 is 0 Å². The number of benzene rings is 1. The predicted octanol–water partition coefficient (Wildman–Crippen LogP) is 3.14. The van der Waals surface area contributed by atoms with Crippen molar-refractivity contribution in [3.8, 4) is 0 Å². The van der Waals surface area contributed by atoms with Gasteiger partial charge in [-0.3, -0.25) is 0 Å². The lowest BCUT2D eigenvalue weighted by molar-refractivity contribution is -0.152. The average molecular weight is 244 g/mol. The lowest BCUT2D eigenvalue weighted by Crippen LogP contribution is -2.37. The van der Waals surface area contributed by atoms with Crippen molar-refractivity contribution in [1.82, 2.24) is 5.43 Å². The molecule has 2 nitrogen and oxygen atoms in total. The highest BCUT2D eigenvalue weighted by Gasteiger charge is 2.34. The summed E-state index contributed by atoms with van der Waals surface area (Å²) in [5.74, 6) is 0. The number of halogens is 6. The summed E-state index contributed by atoms with van der Waals surface area (Å²) < 4.78 is 72.1. The quantitative estimate of drug-likeness (QED) is 0.474. The first kappa shape index (κ1) is 12.6. The van der Waals surface area contributed by atoms with Gasteiger partial charge < -0.3 is 5.43 Å². The van der Waals surface area contributed by atoms with E-state index < -0.39 is 23.7 Å². The lowest BCUT2D eigenvalue weighted by atomic mass is 10.2. The Morgan fingerprint density at radius 1 is 0.875 bits per heavy atom. The minimum atomic E-state index is -4.81. The largest absolute Gasteiger partial charge is 0.474 e. The zero-order valence-corrected chi connectivity index (χ0v) is 7.58. The van der Waals surface area contributed by atoms with E-state index in [0.29, 0.717) is 6.07 Å². The van der Waals surface area contributed by atoms with Gasteiger partial charge in [-0.25, -0.2) is 0 Å². The van der Waals surface area contributed by atoms with Gasteiger partial charge in [0.1, 0.15) is 0 Å². The van der Waals surface area contributed by atoms with E-state index in [4.69, 9.17) is 0 Å². The summed E-state index contributed by atoms with van der Waals surface area (Å²) in [5.41, 5.74) is 0.403. The molecular weight excluding hydrogens is 238 g/mol. The number of rotatable bonds is 2. The molecule has 0 radical (unpaired) electrons. The van der Waals surface area contributed by atoms with Gasteiger partial charge in [0.2, 0.25) is 0 Å². The van der Waals surface area contributed by atoms with Gasteiger partial charge in [-0.2, -0.15) is 26.3 Å². The van der Waals surface area contributed by atoms with Crippen LogP contribution in [0.2, 0.25) is 0 Å². The first-order chi connectivity index (χ1) is 7.20. The lowest BCUT2D eigenvalue weighted by Gasteiger charge is -2.16. The smallest absolute Gasteiger partial charge is 0.314 e. The molecule has 2 N–H and O–H groups in total. The van der Waals surface area contributed by atoms with Gasteiger partial charge in [-0.05, 0) is 12.1 Å². The number of para-hydroxylation sites is 1. The highest BCUT2D eigenvalue weighted by Crippen LogP contribution is 2.34. The van der Waals surface area contributed by atoms with Gasteiger partial charge >= 0.3 is 12.5 Å². The van der Waals surface area contributed by atoms with E-state index in [0.717, 1.165) is 17.6 Å². The fourth-order valence-electron chi connectivity index (χ4n) is 0.978. The molecule has 90 valence electrons. The number of anilines is 1. The molecule has 0 atom stereocenters.